The number of nitrogens with one attached hydrogen (secondary N) is 1. The van der Waals surface area contributed by atoms with Crippen LogP contribution < -0.4 is 5.32 Å². The van der Waals surface area contributed by atoms with Gasteiger partial charge in [-0.15, -0.1) is 11.3 Å². The van der Waals surface area contributed by atoms with E-state index in [9.17, 15) is 4.39 Å². The molecule has 0 aliphatic rings. The third-order valence-corrected chi connectivity index (χ3v) is 3.71. The smallest absolute Gasteiger partial charge is 0.141 e. The molecule has 0 aliphatic heterocycles. The Hall–Kier alpha value is -1.33. The lowest BCUT2D eigenvalue weighted by Crippen LogP contribution is -2.21. The van der Waals surface area contributed by atoms with Gasteiger partial charge >= 0.3 is 0 Å². The highest BCUT2D eigenvalue weighted by atomic mass is 32.1. The van der Waals surface area contributed by atoms with Crippen LogP contribution in [0.3, 0.4) is 0 Å². The molecule has 0 saturated carbocycles. The number of aryl methyl sites for hydroxylation is 1. The van der Waals surface area contributed by atoms with Gasteiger partial charge in [-0.1, -0.05) is 0 Å². The first kappa shape index (κ1) is 13.1. The van der Waals surface area contributed by atoms with Crippen molar-refractivity contribution in [3.63, 3.8) is 0 Å². The highest BCUT2D eigenvalue weighted by molar-refractivity contribution is 7.09. The second kappa shape index (κ2) is 6.02. The number of halogens is 1. The van der Waals surface area contributed by atoms with Gasteiger partial charge in [-0.2, -0.15) is 0 Å². The molecule has 0 bridgehead atoms. The second-order valence-electron chi connectivity index (χ2n) is 4.24. The number of hydrogen-bond acceptors (Lipinski definition) is 4. The van der Waals surface area contributed by atoms with Crippen LogP contribution in [-0.2, 0) is 6.42 Å². The molecule has 1 unspecified atom stereocenters. The number of aromatic nitrogens is 2. The Bertz CT molecular complexity index is 512. The van der Waals surface area contributed by atoms with Crippen LogP contribution in [0.5, 0.6) is 0 Å². The topological polar surface area (TPSA) is 37.8 Å². The molecule has 0 aliphatic carbocycles. The first-order valence-corrected chi connectivity index (χ1v) is 6.78. The van der Waals surface area contributed by atoms with E-state index in [-0.39, 0.29) is 11.9 Å². The van der Waals surface area contributed by atoms with E-state index >= 15 is 0 Å². The lowest BCUT2D eigenvalue weighted by Gasteiger charge is -2.13. The molecule has 2 aromatic rings. The van der Waals surface area contributed by atoms with Gasteiger partial charge in [0.2, 0.25) is 0 Å². The van der Waals surface area contributed by atoms with Crippen molar-refractivity contribution in [2.75, 3.05) is 6.54 Å². The average molecular weight is 265 g/mol. The summed E-state index contributed by atoms with van der Waals surface area (Å²) in [5.74, 6) is -0.295. The quantitative estimate of drug-likeness (QED) is 0.903. The van der Waals surface area contributed by atoms with Crippen molar-refractivity contribution in [2.45, 2.75) is 26.3 Å². The summed E-state index contributed by atoms with van der Waals surface area (Å²) in [5.41, 5.74) is 1.93. The Morgan fingerprint density at radius 2 is 2.28 bits per heavy atom. The van der Waals surface area contributed by atoms with Crippen LogP contribution in [0.4, 0.5) is 4.39 Å². The molecule has 0 amide bonds. The highest BCUT2D eigenvalue weighted by Crippen LogP contribution is 2.13. The molecule has 0 saturated heterocycles. The van der Waals surface area contributed by atoms with Crippen LogP contribution in [0.25, 0.3) is 0 Å². The zero-order valence-electron chi connectivity index (χ0n) is 10.5. The molecule has 1 N–H and O–H groups in total. The van der Waals surface area contributed by atoms with Gasteiger partial charge in [0.05, 0.1) is 11.2 Å². The van der Waals surface area contributed by atoms with Gasteiger partial charge in [0.15, 0.2) is 0 Å². The molecule has 0 radical (unpaired) electrons. The summed E-state index contributed by atoms with van der Waals surface area (Å²) in [7, 11) is 0. The molecule has 2 aromatic heterocycles. The molecule has 96 valence electrons. The summed E-state index contributed by atoms with van der Waals surface area (Å²) in [6.45, 7) is 4.82. The minimum absolute atomic E-state index is 0.0919. The Balaban J connectivity index is 1.83. The van der Waals surface area contributed by atoms with Gasteiger partial charge in [-0.05, 0) is 25.5 Å². The molecule has 3 nitrogen and oxygen atoms in total. The monoisotopic (exact) mass is 265 g/mol. The molecule has 0 aromatic carbocycles. The van der Waals surface area contributed by atoms with E-state index in [4.69, 9.17) is 0 Å². The molecule has 0 spiro atoms. The fourth-order valence-corrected chi connectivity index (χ4v) is 2.47. The van der Waals surface area contributed by atoms with E-state index in [2.05, 4.69) is 20.7 Å². The van der Waals surface area contributed by atoms with E-state index in [0.717, 1.165) is 29.2 Å². The van der Waals surface area contributed by atoms with Gasteiger partial charge in [0.25, 0.3) is 0 Å². The van der Waals surface area contributed by atoms with Gasteiger partial charge in [-0.3, -0.25) is 4.98 Å². The van der Waals surface area contributed by atoms with Crippen LogP contribution in [0.1, 0.15) is 29.2 Å². The predicted molar refractivity (Wildman–Crippen MR) is 71.2 cm³/mol. The number of rotatable bonds is 5. The number of hydrogen-bond donors (Lipinski definition) is 1. The molecule has 2 rings (SSSR count). The van der Waals surface area contributed by atoms with E-state index in [1.807, 2.05) is 13.8 Å². The van der Waals surface area contributed by atoms with Crippen molar-refractivity contribution in [2.24, 2.45) is 0 Å². The van der Waals surface area contributed by atoms with Gasteiger partial charge in [0.1, 0.15) is 5.82 Å². The van der Waals surface area contributed by atoms with E-state index in [1.165, 1.54) is 12.3 Å². The van der Waals surface area contributed by atoms with Gasteiger partial charge < -0.3 is 5.32 Å². The van der Waals surface area contributed by atoms with E-state index in [0.29, 0.717) is 0 Å². The Morgan fingerprint density at radius 3 is 2.94 bits per heavy atom. The van der Waals surface area contributed by atoms with E-state index < -0.39 is 0 Å². The first-order chi connectivity index (χ1) is 8.65. The van der Waals surface area contributed by atoms with Crippen molar-refractivity contribution in [3.8, 4) is 0 Å². The SMILES string of the molecule is Cc1csc(CCNC(C)c2cncc(F)c2)n1. The average Bonchev–Trinajstić information content (AvgIpc) is 2.75. The fourth-order valence-electron chi connectivity index (χ4n) is 1.70. The van der Waals surface area contributed by atoms with Crippen LogP contribution >= 0.6 is 11.3 Å². The molecule has 1 atom stereocenters. The molecule has 18 heavy (non-hydrogen) atoms. The standard InChI is InChI=1S/C13H16FN3S/c1-9-8-18-13(17-9)3-4-16-10(2)11-5-12(14)7-15-6-11/h5-8,10,16H,3-4H2,1-2H3. The summed E-state index contributed by atoms with van der Waals surface area (Å²) in [5, 5.41) is 6.52. The largest absolute Gasteiger partial charge is 0.310 e. The summed E-state index contributed by atoms with van der Waals surface area (Å²) in [6.07, 6.45) is 3.80. The number of pyridine rings is 1. The van der Waals surface area contributed by atoms with Crippen LogP contribution in [0, 0.1) is 12.7 Å². The Kier molecular flexibility index (Phi) is 4.38. The summed E-state index contributed by atoms with van der Waals surface area (Å²) in [6, 6.07) is 1.60. The van der Waals surface area contributed by atoms with Crippen molar-refractivity contribution < 1.29 is 4.39 Å². The second-order valence-corrected chi connectivity index (χ2v) is 5.19. The van der Waals surface area contributed by atoms with Gasteiger partial charge in [0, 0.05) is 36.3 Å². The zero-order valence-corrected chi connectivity index (χ0v) is 11.3. The molecular formula is C13H16FN3S. The fraction of sp³-hybridized carbons (Fsp3) is 0.385. The minimum Gasteiger partial charge on any atom is -0.310 e. The Labute approximate surface area is 110 Å². The van der Waals surface area contributed by atoms with Crippen molar-refractivity contribution in [3.05, 3.63) is 45.9 Å². The van der Waals surface area contributed by atoms with Crippen molar-refractivity contribution >= 4 is 11.3 Å². The Morgan fingerprint density at radius 1 is 1.44 bits per heavy atom. The maximum atomic E-state index is 13.0. The normalized spacial score (nSPS) is 12.6. The third kappa shape index (κ3) is 3.58. The van der Waals surface area contributed by atoms with Crippen molar-refractivity contribution in [1.82, 2.24) is 15.3 Å². The number of thiazole rings is 1. The zero-order chi connectivity index (χ0) is 13.0. The maximum absolute atomic E-state index is 13.0. The number of nitrogens with zero attached hydrogens (tertiary/aromatic N) is 2. The van der Waals surface area contributed by atoms with Crippen LogP contribution in [0.2, 0.25) is 0 Å². The molecule has 5 heteroatoms. The maximum Gasteiger partial charge on any atom is 0.141 e. The lowest BCUT2D eigenvalue weighted by atomic mass is 10.1. The van der Waals surface area contributed by atoms with Gasteiger partial charge in [-0.25, -0.2) is 9.37 Å². The summed E-state index contributed by atoms with van der Waals surface area (Å²) < 4.78 is 13.0. The third-order valence-electron chi connectivity index (χ3n) is 2.68. The summed E-state index contributed by atoms with van der Waals surface area (Å²) in [4.78, 5) is 8.25. The highest BCUT2D eigenvalue weighted by Gasteiger charge is 2.06. The molecule has 2 heterocycles. The first-order valence-electron chi connectivity index (χ1n) is 5.90. The van der Waals surface area contributed by atoms with Crippen LogP contribution in [-0.4, -0.2) is 16.5 Å². The predicted octanol–water partition coefficient (Wildman–Crippen LogP) is 2.88. The summed E-state index contributed by atoms with van der Waals surface area (Å²) >= 11 is 1.68. The minimum atomic E-state index is -0.295. The van der Waals surface area contributed by atoms with E-state index in [1.54, 1.807) is 17.5 Å². The molecular weight excluding hydrogens is 249 g/mol. The van der Waals surface area contributed by atoms with Crippen LogP contribution in [0.15, 0.2) is 23.8 Å². The van der Waals surface area contributed by atoms with Crippen molar-refractivity contribution in [1.29, 1.82) is 0 Å². The molecule has 0 fully saturated rings. The lowest BCUT2D eigenvalue weighted by molar-refractivity contribution is 0.562.